The first-order valence-corrected chi connectivity index (χ1v) is 8.44. The normalized spacial score (nSPS) is 20.3. The van der Waals surface area contributed by atoms with E-state index in [1.54, 1.807) is 30.3 Å². The van der Waals surface area contributed by atoms with Crippen LogP contribution in [0.1, 0.15) is 44.2 Å². The van der Waals surface area contributed by atoms with Crippen LogP contribution in [-0.2, 0) is 0 Å². The predicted octanol–water partition coefficient (Wildman–Crippen LogP) is 5.45. The summed E-state index contributed by atoms with van der Waals surface area (Å²) in [6.07, 6.45) is 4.77. The molecule has 0 bridgehead atoms. The standard InChI is InChI=1S/C20H24FNO.ClH/c1-2-3-4-15-11-18(15)20(22)17-10-7-14(12-19(17)21)13-5-8-16(23)9-6-13;/h5-10,12,15,18,20,23H,2-4,11,22H2,1H3;1H/t15-,18?,20-;/m1./s1. The third-order valence-corrected chi connectivity index (χ3v) is 4.93. The molecule has 0 spiro atoms. The van der Waals surface area contributed by atoms with Crippen molar-refractivity contribution in [3.63, 3.8) is 0 Å². The molecule has 2 aromatic rings. The van der Waals surface area contributed by atoms with Crippen molar-refractivity contribution in [2.75, 3.05) is 0 Å². The molecule has 2 aromatic carbocycles. The highest BCUT2D eigenvalue weighted by molar-refractivity contribution is 5.85. The molecule has 3 N–H and O–H groups in total. The van der Waals surface area contributed by atoms with E-state index < -0.39 is 0 Å². The first-order chi connectivity index (χ1) is 11.1. The molecule has 2 nitrogen and oxygen atoms in total. The number of aromatic hydroxyl groups is 1. The second-order valence-corrected chi connectivity index (χ2v) is 6.61. The lowest BCUT2D eigenvalue weighted by atomic mass is 9.96. The van der Waals surface area contributed by atoms with Gasteiger partial charge in [-0.2, -0.15) is 0 Å². The summed E-state index contributed by atoms with van der Waals surface area (Å²) >= 11 is 0. The maximum atomic E-state index is 14.5. The fraction of sp³-hybridized carbons (Fsp3) is 0.400. The zero-order chi connectivity index (χ0) is 16.4. The van der Waals surface area contributed by atoms with Gasteiger partial charge in [-0.05, 0) is 47.6 Å². The van der Waals surface area contributed by atoms with Crippen LogP contribution in [0.3, 0.4) is 0 Å². The highest BCUT2D eigenvalue weighted by Crippen LogP contribution is 2.49. The van der Waals surface area contributed by atoms with E-state index in [-0.39, 0.29) is 30.0 Å². The fourth-order valence-electron chi connectivity index (χ4n) is 3.37. The zero-order valence-corrected chi connectivity index (χ0v) is 14.7. The molecular formula is C20H25ClFNO. The number of rotatable bonds is 6. The summed E-state index contributed by atoms with van der Waals surface area (Å²) < 4.78 is 14.5. The quantitative estimate of drug-likeness (QED) is 0.728. The number of hydrogen-bond donors (Lipinski definition) is 2. The minimum atomic E-state index is -0.232. The van der Waals surface area contributed by atoms with E-state index in [9.17, 15) is 9.50 Å². The fourth-order valence-corrected chi connectivity index (χ4v) is 3.37. The topological polar surface area (TPSA) is 46.2 Å². The van der Waals surface area contributed by atoms with Crippen LogP contribution >= 0.6 is 12.4 Å². The average molecular weight is 350 g/mol. The third kappa shape index (κ3) is 4.08. The highest BCUT2D eigenvalue weighted by atomic mass is 35.5. The maximum absolute atomic E-state index is 14.5. The molecule has 130 valence electrons. The van der Waals surface area contributed by atoms with Crippen molar-refractivity contribution in [2.45, 2.75) is 38.6 Å². The first-order valence-electron chi connectivity index (χ1n) is 8.44. The Morgan fingerprint density at radius 2 is 1.83 bits per heavy atom. The van der Waals surface area contributed by atoms with Crippen LogP contribution in [0.25, 0.3) is 11.1 Å². The van der Waals surface area contributed by atoms with Gasteiger partial charge in [0.25, 0.3) is 0 Å². The van der Waals surface area contributed by atoms with Gasteiger partial charge in [0.2, 0.25) is 0 Å². The summed E-state index contributed by atoms with van der Waals surface area (Å²) in [5.41, 5.74) is 8.61. The minimum absolute atomic E-state index is 0. The Kier molecular flexibility index (Phi) is 6.25. The third-order valence-electron chi connectivity index (χ3n) is 4.93. The lowest BCUT2D eigenvalue weighted by Crippen LogP contribution is -2.15. The van der Waals surface area contributed by atoms with Gasteiger partial charge in [-0.25, -0.2) is 4.39 Å². The molecule has 0 heterocycles. The molecule has 1 aliphatic rings. The number of hydrogen-bond acceptors (Lipinski definition) is 2. The van der Waals surface area contributed by atoms with Crippen LogP contribution in [0.5, 0.6) is 5.75 Å². The van der Waals surface area contributed by atoms with Gasteiger partial charge in [-0.3, -0.25) is 0 Å². The van der Waals surface area contributed by atoms with Crippen molar-refractivity contribution in [3.8, 4) is 16.9 Å². The molecule has 0 aromatic heterocycles. The van der Waals surface area contributed by atoms with Gasteiger partial charge in [-0.1, -0.05) is 50.5 Å². The van der Waals surface area contributed by atoms with Crippen molar-refractivity contribution in [2.24, 2.45) is 17.6 Å². The van der Waals surface area contributed by atoms with Crippen LogP contribution in [-0.4, -0.2) is 5.11 Å². The molecule has 1 fully saturated rings. The van der Waals surface area contributed by atoms with Gasteiger partial charge in [0.05, 0.1) is 0 Å². The van der Waals surface area contributed by atoms with Crippen molar-refractivity contribution in [3.05, 3.63) is 53.8 Å². The molecule has 1 saturated carbocycles. The number of halogens is 2. The lowest BCUT2D eigenvalue weighted by Gasteiger charge is -2.14. The average Bonchev–Trinajstić information content (AvgIpc) is 3.32. The number of nitrogens with two attached hydrogens (primary N) is 1. The largest absolute Gasteiger partial charge is 0.508 e. The van der Waals surface area contributed by atoms with Crippen molar-refractivity contribution < 1.29 is 9.50 Å². The molecule has 4 heteroatoms. The van der Waals surface area contributed by atoms with Crippen LogP contribution in [0, 0.1) is 17.7 Å². The molecule has 0 aliphatic heterocycles. The summed E-state index contributed by atoms with van der Waals surface area (Å²) in [7, 11) is 0. The zero-order valence-electron chi connectivity index (χ0n) is 13.9. The minimum Gasteiger partial charge on any atom is -0.508 e. The van der Waals surface area contributed by atoms with E-state index in [2.05, 4.69) is 6.92 Å². The summed E-state index contributed by atoms with van der Waals surface area (Å²) in [6.45, 7) is 2.19. The van der Waals surface area contributed by atoms with E-state index in [0.29, 0.717) is 17.4 Å². The number of phenolic OH excluding ortho intramolecular Hbond substituents is 1. The van der Waals surface area contributed by atoms with Crippen molar-refractivity contribution in [1.82, 2.24) is 0 Å². The van der Waals surface area contributed by atoms with Gasteiger partial charge >= 0.3 is 0 Å². The predicted molar refractivity (Wildman–Crippen MR) is 98.8 cm³/mol. The van der Waals surface area contributed by atoms with E-state index >= 15 is 0 Å². The summed E-state index contributed by atoms with van der Waals surface area (Å²) in [4.78, 5) is 0. The molecule has 1 unspecified atom stereocenters. The van der Waals surface area contributed by atoms with Gasteiger partial charge in [0.1, 0.15) is 11.6 Å². The monoisotopic (exact) mass is 349 g/mol. The Bertz CT molecular complexity index is 674. The molecule has 1 aliphatic carbocycles. The Hall–Kier alpha value is -1.58. The van der Waals surface area contributed by atoms with E-state index in [1.807, 2.05) is 12.1 Å². The highest BCUT2D eigenvalue weighted by Gasteiger charge is 2.41. The number of unbranched alkanes of at least 4 members (excludes halogenated alkanes) is 1. The smallest absolute Gasteiger partial charge is 0.128 e. The van der Waals surface area contributed by atoms with Crippen LogP contribution in [0.2, 0.25) is 0 Å². The Balaban J connectivity index is 0.00000208. The molecule has 24 heavy (non-hydrogen) atoms. The van der Waals surface area contributed by atoms with Crippen molar-refractivity contribution >= 4 is 12.4 Å². The van der Waals surface area contributed by atoms with Crippen LogP contribution < -0.4 is 5.73 Å². The molecule has 0 radical (unpaired) electrons. The Morgan fingerprint density at radius 1 is 1.17 bits per heavy atom. The molecule has 3 rings (SSSR count). The number of phenols is 1. The first kappa shape index (κ1) is 18.8. The second kappa shape index (κ2) is 8.00. The summed E-state index contributed by atoms with van der Waals surface area (Å²) in [5.74, 6) is 1.07. The Labute approximate surface area is 149 Å². The lowest BCUT2D eigenvalue weighted by molar-refractivity contribution is 0.475. The SMILES string of the molecule is CCCC[C@@H]1CC1[C@H](N)c1ccc(-c2ccc(O)cc2)cc1F.Cl. The second-order valence-electron chi connectivity index (χ2n) is 6.61. The molecule has 0 saturated heterocycles. The molecular weight excluding hydrogens is 325 g/mol. The van der Waals surface area contributed by atoms with E-state index in [1.165, 1.54) is 19.3 Å². The van der Waals surface area contributed by atoms with Gasteiger partial charge in [-0.15, -0.1) is 12.4 Å². The summed E-state index contributed by atoms with van der Waals surface area (Å²) in [5, 5.41) is 9.34. The maximum Gasteiger partial charge on any atom is 0.128 e. The van der Waals surface area contributed by atoms with Crippen LogP contribution in [0.15, 0.2) is 42.5 Å². The molecule has 0 amide bonds. The molecule has 3 atom stereocenters. The van der Waals surface area contributed by atoms with Gasteiger partial charge in [0, 0.05) is 11.6 Å². The van der Waals surface area contributed by atoms with E-state index in [0.717, 1.165) is 17.5 Å². The van der Waals surface area contributed by atoms with Gasteiger partial charge in [0.15, 0.2) is 0 Å². The van der Waals surface area contributed by atoms with Crippen LogP contribution in [0.4, 0.5) is 4.39 Å². The Morgan fingerprint density at radius 3 is 2.46 bits per heavy atom. The number of benzene rings is 2. The summed E-state index contributed by atoms with van der Waals surface area (Å²) in [6, 6.07) is 11.9. The van der Waals surface area contributed by atoms with Crippen molar-refractivity contribution in [1.29, 1.82) is 0 Å². The van der Waals surface area contributed by atoms with E-state index in [4.69, 9.17) is 5.73 Å². The van der Waals surface area contributed by atoms with Gasteiger partial charge < -0.3 is 10.8 Å².